The van der Waals surface area contributed by atoms with Gasteiger partial charge in [0.1, 0.15) is 5.69 Å². The maximum atomic E-state index is 8.69. The Balaban J connectivity index is 2.21. The molecule has 0 amide bonds. The van der Waals surface area contributed by atoms with E-state index in [1.807, 2.05) is 31.3 Å². The number of halogens is 1. The van der Waals surface area contributed by atoms with Crippen molar-refractivity contribution in [1.82, 2.24) is 4.98 Å². The first-order valence-corrected chi connectivity index (χ1v) is 6.79. The number of aromatic nitrogens is 1. The molecule has 0 unspecified atom stereocenters. The SMILES string of the molecule is CN(Cc1ccccc1Br)c1ccnc(C(N)=NO)c1. The number of nitrogens with zero attached hydrogens (tertiary/aromatic N) is 3. The van der Waals surface area contributed by atoms with Crippen LogP contribution in [0.25, 0.3) is 0 Å². The van der Waals surface area contributed by atoms with Gasteiger partial charge in [0.15, 0.2) is 5.84 Å². The van der Waals surface area contributed by atoms with Crippen LogP contribution in [0.15, 0.2) is 52.2 Å². The summed E-state index contributed by atoms with van der Waals surface area (Å²) in [6, 6.07) is 11.7. The molecule has 0 aliphatic carbocycles. The largest absolute Gasteiger partial charge is 0.409 e. The third-order valence-electron chi connectivity index (χ3n) is 2.92. The zero-order valence-corrected chi connectivity index (χ0v) is 12.6. The van der Waals surface area contributed by atoms with Gasteiger partial charge in [0, 0.05) is 29.9 Å². The van der Waals surface area contributed by atoms with Gasteiger partial charge >= 0.3 is 0 Å². The number of amidine groups is 1. The van der Waals surface area contributed by atoms with Crippen LogP contribution >= 0.6 is 15.9 Å². The van der Waals surface area contributed by atoms with E-state index in [1.165, 1.54) is 5.56 Å². The molecular formula is C14H15BrN4O. The summed E-state index contributed by atoms with van der Waals surface area (Å²) in [4.78, 5) is 6.13. The summed E-state index contributed by atoms with van der Waals surface area (Å²) in [5.41, 5.74) is 8.12. The summed E-state index contributed by atoms with van der Waals surface area (Å²) in [5, 5.41) is 11.7. The molecule has 3 N–H and O–H groups in total. The van der Waals surface area contributed by atoms with E-state index in [0.717, 1.165) is 16.7 Å². The van der Waals surface area contributed by atoms with Gasteiger partial charge in [0.05, 0.1) is 0 Å². The Morgan fingerprint density at radius 2 is 2.15 bits per heavy atom. The first-order chi connectivity index (χ1) is 9.61. The minimum Gasteiger partial charge on any atom is -0.409 e. The summed E-state index contributed by atoms with van der Waals surface area (Å²) < 4.78 is 1.07. The monoisotopic (exact) mass is 334 g/mol. The molecule has 0 aliphatic rings. The molecule has 1 aromatic heterocycles. The van der Waals surface area contributed by atoms with Crippen molar-refractivity contribution in [3.63, 3.8) is 0 Å². The van der Waals surface area contributed by atoms with E-state index in [2.05, 4.69) is 37.0 Å². The molecule has 2 rings (SSSR count). The van der Waals surface area contributed by atoms with E-state index in [9.17, 15) is 0 Å². The second kappa shape index (κ2) is 6.38. The second-order valence-corrected chi connectivity index (χ2v) is 5.19. The Morgan fingerprint density at radius 1 is 1.40 bits per heavy atom. The number of pyridine rings is 1. The lowest BCUT2D eigenvalue weighted by Gasteiger charge is -2.20. The topological polar surface area (TPSA) is 74.7 Å². The van der Waals surface area contributed by atoms with Crippen molar-refractivity contribution in [3.05, 3.63) is 58.3 Å². The summed E-state index contributed by atoms with van der Waals surface area (Å²) in [6.45, 7) is 0.737. The predicted molar refractivity (Wildman–Crippen MR) is 83.0 cm³/mol. The third-order valence-corrected chi connectivity index (χ3v) is 3.69. The van der Waals surface area contributed by atoms with Gasteiger partial charge in [0.25, 0.3) is 0 Å². The highest BCUT2D eigenvalue weighted by molar-refractivity contribution is 9.10. The first-order valence-electron chi connectivity index (χ1n) is 6.00. The molecule has 0 radical (unpaired) electrons. The van der Waals surface area contributed by atoms with Crippen molar-refractivity contribution in [3.8, 4) is 0 Å². The molecule has 0 aliphatic heterocycles. The van der Waals surface area contributed by atoms with Gasteiger partial charge in [-0.25, -0.2) is 0 Å². The first kappa shape index (κ1) is 14.3. The van der Waals surface area contributed by atoms with Crippen molar-refractivity contribution in [2.24, 2.45) is 10.9 Å². The third kappa shape index (κ3) is 3.27. The molecule has 20 heavy (non-hydrogen) atoms. The fourth-order valence-electron chi connectivity index (χ4n) is 1.82. The van der Waals surface area contributed by atoms with Crippen molar-refractivity contribution in [2.45, 2.75) is 6.54 Å². The molecule has 5 nitrogen and oxygen atoms in total. The van der Waals surface area contributed by atoms with Crippen molar-refractivity contribution in [2.75, 3.05) is 11.9 Å². The highest BCUT2D eigenvalue weighted by Crippen LogP contribution is 2.21. The van der Waals surface area contributed by atoms with Gasteiger partial charge in [-0.3, -0.25) is 4.98 Å². The number of benzene rings is 1. The van der Waals surface area contributed by atoms with Gasteiger partial charge in [-0.05, 0) is 23.8 Å². The number of hydrogen-bond acceptors (Lipinski definition) is 4. The number of nitrogens with two attached hydrogens (primary N) is 1. The number of rotatable bonds is 4. The average Bonchev–Trinajstić information content (AvgIpc) is 2.49. The van der Waals surface area contributed by atoms with E-state index >= 15 is 0 Å². The number of oxime groups is 1. The Hall–Kier alpha value is -2.08. The van der Waals surface area contributed by atoms with Crippen LogP contribution in [0, 0.1) is 0 Å². The van der Waals surface area contributed by atoms with Crippen LogP contribution in [0.4, 0.5) is 5.69 Å². The number of hydrogen-bond donors (Lipinski definition) is 2. The zero-order chi connectivity index (χ0) is 14.5. The van der Waals surface area contributed by atoms with Crippen LogP contribution in [0.5, 0.6) is 0 Å². The fourth-order valence-corrected chi connectivity index (χ4v) is 2.23. The van der Waals surface area contributed by atoms with Gasteiger partial charge in [-0.15, -0.1) is 0 Å². The number of anilines is 1. The fraction of sp³-hybridized carbons (Fsp3) is 0.143. The highest BCUT2D eigenvalue weighted by Gasteiger charge is 2.08. The van der Waals surface area contributed by atoms with Crippen molar-refractivity contribution in [1.29, 1.82) is 0 Å². The van der Waals surface area contributed by atoms with E-state index in [1.54, 1.807) is 12.3 Å². The van der Waals surface area contributed by atoms with Crippen LogP contribution in [0.3, 0.4) is 0 Å². The molecule has 1 heterocycles. The minimum atomic E-state index is 0.00106. The normalized spacial score (nSPS) is 11.4. The van der Waals surface area contributed by atoms with E-state index < -0.39 is 0 Å². The Labute approximate surface area is 125 Å². The van der Waals surface area contributed by atoms with Crippen molar-refractivity contribution < 1.29 is 5.21 Å². The average molecular weight is 335 g/mol. The molecule has 0 fully saturated rings. The van der Waals surface area contributed by atoms with Crippen LogP contribution in [0.1, 0.15) is 11.3 Å². The molecule has 1 aromatic carbocycles. The Bertz CT molecular complexity index is 630. The Morgan fingerprint density at radius 3 is 2.85 bits per heavy atom. The van der Waals surface area contributed by atoms with Crippen LogP contribution in [-0.2, 0) is 6.54 Å². The summed E-state index contributed by atoms with van der Waals surface area (Å²) in [7, 11) is 1.98. The summed E-state index contributed by atoms with van der Waals surface area (Å²) in [6.07, 6.45) is 1.64. The van der Waals surface area contributed by atoms with Crippen LogP contribution < -0.4 is 10.6 Å². The smallest absolute Gasteiger partial charge is 0.188 e. The van der Waals surface area contributed by atoms with Gasteiger partial charge in [-0.2, -0.15) is 0 Å². The maximum absolute atomic E-state index is 8.69. The molecule has 2 aromatic rings. The Kier molecular flexibility index (Phi) is 4.57. The molecule has 0 atom stereocenters. The van der Waals surface area contributed by atoms with Crippen LogP contribution in [-0.4, -0.2) is 23.1 Å². The lowest BCUT2D eigenvalue weighted by atomic mass is 10.2. The van der Waals surface area contributed by atoms with Crippen molar-refractivity contribution >= 4 is 27.5 Å². The minimum absolute atomic E-state index is 0.00106. The lowest BCUT2D eigenvalue weighted by molar-refractivity contribution is 0.318. The quantitative estimate of drug-likeness (QED) is 0.390. The molecule has 104 valence electrons. The predicted octanol–water partition coefficient (Wildman–Crippen LogP) is 2.58. The zero-order valence-electron chi connectivity index (χ0n) is 11.0. The molecule has 0 bridgehead atoms. The molecular weight excluding hydrogens is 320 g/mol. The van der Waals surface area contributed by atoms with E-state index in [4.69, 9.17) is 10.9 Å². The van der Waals surface area contributed by atoms with Gasteiger partial charge in [0.2, 0.25) is 0 Å². The van der Waals surface area contributed by atoms with Gasteiger partial charge < -0.3 is 15.8 Å². The maximum Gasteiger partial charge on any atom is 0.188 e. The highest BCUT2D eigenvalue weighted by atomic mass is 79.9. The summed E-state index contributed by atoms with van der Waals surface area (Å²) in [5.74, 6) is 0.00106. The van der Waals surface area contributed by atoms with Gasteiger partial charge in [-0.1, -0.05) is 39.3 Å². The molecule has 0 saturated heterocycles. The standard InChI is InChI=1S/C14H15BrN4O/c1-19(9-10-4-2-3-5-12(10)15)11-6-7-17-13(8-11)14(16)18-20/h2-8,20H,9H2,1H3,(H2,16,18). The lowest BCUT2D eigenvalue weighted by Crippen LogP contribution is -2.19. The summed E-state index contributed by atoms with van der Waals surface area (Å²) >= 11 is 3.54. The van der Waals surface area contributed by atoms with E-state index in [0.29, 0.717) is 5.69 Å². The van der Waals surface area contributed by atoms with E-state index in [-0.39, 0.29) is 5.84 Å². The molecule has 0 spiro atoms. The van der Waals surface area contributed by atoms with Crippen LogP contribution in [0.2, 0.25) is 0 Å². The molecule has 6 heteroatoms. The second-order valence-electron chi connectivity index (χ2n) is 4.33. The molecule has 0 saturated carbocycles.